The minimum Gasteiger partial charge on any atom is -0.456 e. The Kier molecular flexibility index (Phi) is 5.00. The fourth-order valence-corrected chi connectivity index (χ4v) is 6.77. The standard InChI is InChI=1S/C44H28O/c1-3-13-29(14-4-1)31-24-26-41-40(27-31)34-25-23-32(28-42(34)45-41)43-36-19-9-11-21-38(36)44(39-22-12-10-20-37(39)43)35-18-8-7-17-33(35)30-15-5-2-6-16-30/h1-28H/i7D,8D,17D,18D. The maximum atomic E-state index is 9.24. The van der Waals surface area contributed by atoms with E-state index >= 15 is 0 Å². The smallest absolute Gasteiger partial charge is 0.136 e. The predicted molar refractivity (Wildman–Crippen MR) is 190 cm³/mol. The van der Waals surface area contributed by atoms with Crippen molar-refractivity contribution in [2.75, 3.05) is 0 Å². The molecule has 1 nitrogen and oxygen atoms in total. The van der Waals surface area contributed by atoms with Crippen molar-refractivity contribution in [3.8, 4) is 44.5 Å². The van der Waals surface area contributed by atoms with Gasteiger partial charge in [-0.2, -0.15) is 0 Å². The van der Waals surface area contributed by atoms with Gasteiger partial charge >= 0.3 is 0 Å². The van der Waals surface area contributed by atoms with Gasteiger partial charge in [-0.05, 0) is 90.3 Å². The molecule has 0 saturated heterocycles. The second kappa shape index (κ2) is 10.4. The molecule has 0 saturated carbocycles. The Labute approximate surface area is 267 Å². The Morgan fingerprint density at radius 1 is 0.356 bits per heavy atom. The highest BCUT2D eigenvalue weighted by atomic mass is 16.3. The first-order valence-corrected chi connectivity index (χ1v) is 15.1. The van der Waals surface area contributed by atoms with Gasteiger partial charge in [0.15, 0.2) is 0 Å². The van der Waals surface area contributed by atoms with E-state index in [9.17, 15) is 1.37 Å². The number of hydrogen-bond donors (Lipinski definition) is 0. The van der Waals surface area contributed by atoms with Crippen LogP contribution >= 0.6 is 0 Å². The van der Waals surface area contributed by atoms with Gasteiger partial charge in [0.2, 0.25) is 0 Å². The van der Waals surface area contributed by atoms with E-state index in [2.05, 4.69) is 78.9 Å². The number of rotatable bonds is 4. The van der Waals surface area contributed by atoms with Crippen molar-refractivity contribution in [2.24, 2.45) is 0 Å². The van der Waals surface area contributed by atoms with Gasteiger partial charge in [-0.25, -0.2) is 0 Å². The normalized spacial score (nSPS) is 12.8. The molecule has 0 bridgehead atoms. The van der Waals surface area contributed by atoms with Crippen molar-refractivity contribution in [1.29, 1.82) is 0 Å². The van der Waals surface area contributed by atoms with Gasteiger partial charge in [0.25, 0.3) is 0 Å². The van der Waals surface area contributed by atoms with Crippen LogP contribution in [0.25, 0.3) is 88.0 Å². The molecule has 1 heteroatoms. The SMILES string of the molecule is [2H]c1c([2H])c([2H])c(-c2c3ccccc3c(-c3ccc4c(c3)oc3ccc(-c5ccccc5)cc34)c3ccccc23)c(-c2ccccc2)c1[2H]. The molecule has 0 N–H and O–H groups in total. The van der Waals surface area contributed by atoms with Gasteiger partial charge in [-0.3, -0.25) is 0 Å². The average Bonchev–Trinajstić information content (AvgIpc) is 3.52. The molecule has 0 fully saturated rings. The first-order valence-electron chi connectivity index (χ1n) is 17.1. The maximum absolute atomic E-state index is 9.24. The van der Waals surface area contributed by atoms with Crippen molar-refractivity contribution >= 4 is 43.5 Å². The third kappa shape index (κ3) is 4.17. The van der Waals surface area contributed by atoms with E-state index < -0.39 is 0 Å². The summed E-state index contributed by atoms with van der Waals surface area (Å²) in [6.45, 7) is 0. The van der Waals surface area contributed by atoms with E-state index in [4.69, 9.17) is 8.53 Å². The summed E-state index contributed by atoms with van der Waals surface area (Å²) in [5.41, 5.74) is 8.52. The van der Waals surface area contributed by atoms with Gasteiger partial charge in [-0.15, -0.1) is 0 Å². The quantitative estimate of drug-likeness (QED) is 0.190. The molecule has 8 aromatic carbocycles. The van der Waals surface area contributed by atoms with E-state index in [1.807, 2.05) is 66.7 Å². The zero-order valence-corrected chi connectivity index (χ0v) is 24.3. The van der Waals surface area contributed by atoms with Crippen LogP contribution in [0, 0.1) is 0 Å². The van der Waals surface area contributed by atoms with Gasteiger partial charge < -0.3 is 4.42 Å². The number of hydrogen-bond acceptors (Lipinski definition) is 1. The minimum atomic E-state index is -0.248. The van der Waals surface area contributed by atoms with Crippen LogP contribution in [-0.4, -0.2) is 0 Å². The van der Waals surface area contributed by atoms with Crippen LogP contribution in [0.5, 0.6) is 0 Å². The summed E-state index contributed by atoms with van der Waals surface area (Å²) in [4.78, 5) is 0. The number of furan rings is 1. The Balaban J connectivity index is 1.33. The molecule has 0 aliphatic carbocycles. The van der Waals surface area contributed by atoms with Crippen LogP contribution in [-0.2, 0) is 0 Å². The first kappa shape index (κ1) is 21.7. The molecule has 0 aliphatic rings. The van der Waals surface area contributed by atoms with Gasteiger partial charge in [0.1, 0.15) is 11.2 Å². The molecule has 45 heavy (non-hydrogen) atoms. The van der Waals surface area contributed by atoms with Crippen molar-refractivity contribution < 1.29 is 9.90 Å². The van der Waals surface area contributed by atoms with E-state index in [0.29, 0.717) is 11.1 Å². The Bertz CT molecular complexity index is 2690. The van der Waals surface area contributed by atoms with Crippen molar-refractivity contribution in [1.82, 2.24) is 0 Å². The van der Waals surface area contributed by atoms with E-state index in [1.165, 1.54) is 0 Å². The zero-order valence-electron chi connectivity index (χ0n) is 28.3. The molecule has 0 aliphatic heterocycles. The molecule has 210 valence electrons. The monoisotopic (exact) mass is 576 g/mol. The molecular formula is C44H28O. The summed E-state index contributed by atoms with van der Waals surface area (Å²) < 4.78 is 42.0. The molecule has 1 aromatic heterocycles. The maximum Gasteiger partial charge on any atom is 0.136 e. The predicted octanol–water partition coefficient (Wildman–Crippen LogP) is 12.6. The van der Waals surface area contributed by atoms with Gasteiger partial charge in [-0.1, -0.05) is 145 Å². The summed E-state index contributed by atoms with van der Waals surface area (Å²) in [6, 6.07) is 48.4. The lowest BCUT2D eigenvalue weighted by molar-refractivity contribution is 0.669. The van der Waals surface area contributed by atoms with E-state index in [-0.39, 0.29) is 24.2 Å². The fourth-order valence-electron chi connectivity index (χ4n) is 6.77. The Morgan fingerprint density at radius 2 is 0.911 bits per heavy atom. The number of benzene rings is 8. The molecule has 0 atom stereocenters. The lowest BCUT2D eigenvalue weighted by Gasteiger charge is -2.19. The summed E-state index contributed by atoms with van der Waals surface area (Å²) in [6.07, 6.45) is 0. The van der Waals surface area contributed by atoms with Crippen LogP contribution in [0.2, 0.25) is 0 Å². The minimum absolute atomic E-state index is 0.0507. The molecular weight excluding hydrogens is 544 g/mol. The second-order valence-corrected chi connectivity index (χ2v) is 11.3. The third-order valence-corrected chi connectivity index (χ3v) is 8.80. The van der Waals surface area contributed by atoms with Crippen LogP contribution in [0.1, 0.15) is 5.48 Å². The Hall–Kier alpha value is -5.92. The Morgan fingerprint density at radius 3 is 1.58 bits per heavy atom. The highest BCUT2D eigenvalue weighted by Gasteiger charge is 2.19. The lowest BCUT2D eigenvalue weighted by atomic mass is 9.84. The molecule has 0 amide bonds. The zero-order chi connectivity index (χ0) is 33.2. The highest BCUT2D eigenvalue weighted by molar-refractivity contribution is 6.23. The van der Waals surface area contributed by atoms with Crippen LogP contribution in [0.4, 0.5) is 0 Å². The molecule has 9 rings (SSSR count). The topological polar surface area (TPSA) is 13.1 Å². The van der Waals surface area contributed by atoms with Crippen molar-refractivity contribution in [3.63, 3.8) is 0 Å². The van der Waals surface area contributed by atoms with E-state index in [0.717, 1.165) is 76.9 Å². The van der Waals surface area contributed by atoms with Crippen LogP contribution in [0.3, 0.4) is 0 Å². The van der Waals surface area contributed by atoms with Gasteiger partial charge in [0.05, 0.1) is 5.48 Å². The number of fused-ring (bicyclic) bond motifs is 5. The van der Waals surface area contributed by atoms with E-state index in [1.54, 1.807) is 0 Å². The second-order valence-electron chi connectivity index (χ2n) is 11.3. The lowest BCUT2D eigenvalue weighted by Crippen LogP contribution is -1.92. The molecule has 0 radical (unpaired) electrons. The summed E-state index contributed by atoms with van der Waals surface area (Å²) >= 11 is 0. The molecule has 1 heterocycles. The van der Waals surface area contributed by atoms with Crippen molar-refractivity contribution in [2.45, 2.75) is 0 Å². The van der Waals surface area contributed by atoms with Crippen LogP contribution < -0.4 is 0 Å². The largest absolute Gasteiger partial charge is 0.456 e. The molecule has 0 spiro atoms. The van der Waals surface area contributed by atoms with Gasteiger partial charge in [0, 0.05) is 10.8 Å². The summed E-state index contributed by atoms with van der Waals surface area (Å²) in [5.74, 6) is 0. The van der Waals surface area contributed by atoms with Crippen molar-refractivity contribution in [3.05, 3.63) is 170 Å². The fraction of sp³-hybridized carbons (Fsp3) is 0. The third-order valence-electron chi connectivity index (χ3n) is 8.80. The molecule has 9 aromatic rings. The van der Waals surface area contributed by atoms with Crippen LogP contribution in [0.15, 0.2) is 174 Å². The molecule has 0 unspecified atom stereocenters. The summed E-state index contributed by atoms with van der Waals surface area (Å²) in [7, 11) is 0. The first-order chi connectivity index (χ1) is 24.0. The summed E-state index contributed by atoms with van der Waals surface area (Å²) in [5, 5.41) is 5.93. The average molecular weight is 577 g/mol. The highest BCUT2D eigenvalue weighted by Crippen LogP contribution is 2.46.